The molecule has 0 radical (unpaired) electrons. The van der Waals surface area contributed by atoms with Gasteiger partial charge in [0, 0.05) is 43.9 Å². The number of methoxy groups -OCH3 is 1. The second kappa shape index (κ2) is 11.8. The van der Waals surface area contributed by atoms with E-state index < -0.39 is 15.7 Å². The zero-order valence-electron chi connectivity index (χ0n) is 21.0. The quantitative estimate of drug-likeness (QED) is 0.292. The first-order valence-electron chi connectivity index (χ1n) is 11.6. The van der Waals surface area contributed by atoms with Gasteiger partial charge in [-0.1, -0.05) is 6.07 Å². The predicted octanol–water partition coefficient (Wildman–Crippen LogP) is 3.01. The lowest BCUT2D eigenvalue weighted by Crippen LogP contribution is -2.22. The fraction of sp³-hybridized carbons (Fsp3) is 0.240. The number of amides is 1. The Balaban J connectivity index is 1.54. The van der Waals surface area contributed by atoms with E-state index in [-0.39, 0.29) is 22.6 Å². The molecule has 198 valence electrons. The molecule has 0 saturated carbocycles. The molecule has 0 aliphatic heterocycles. The van der Waals surface area contributed by atoms with Crippen molar-refractivity contribution in [3.05, 3.63) is 78.4 Å². The molecule has 1 amide bonds. The number of aromatic nitrogens is 5. The number of nitrogens with zero attached hydrogens (tertiary/aromatic N) is 5. The SMILES string of the molecule is COCC(C)Nc1cc(C(=O)Nc2ccn(Cc3ccccn3)n2)nc(Oc2ccc(S(C)(=O)=O)cc2)n1. The number of sulfone groups is 1. The number of hydrogen-bond donors (Lipinski definition) is 2. The lowest BCUT2D eigenvalue weighted by atomic mass is 10.3. The summed E-state index contributed by atoms with van der Waals surface area (Å²) in [5.41, 5.74) is 0.866. The van der Waals surface area contributed by atoms with Crippen LogP contribution in [-0.4, -0.2) is 65.1 Å². The van der Waals surface area contributed by atoms with E-state index in [4.69, 9.17) is 9.47 Å². The molecule has 12 nitrogen and oxygen atoms in total. The Labute approximate surface area is 220 Å². The van der Waals surface area contributed by atoms with Gasteiger partial charge in [0.25, 0.3) is 5.91 Å². The zero-order valence-corrected chi connectivity index (χ0v) is 21.8. The average Bonchev–Trinajstić information content (AvgIpc) is 3.31. The van der Waals surface area contributed by atoms with E-state index in [1.165, 1.54) is 30.3 Å². The van der Waals surface area contributed by atoms with Crippen LogP contribution in [0.1, 0.15) is 23.1 Å². The number of nitrogens with one attached hydrogen (secondary N) is 2. The molecule has 38 heavy (non-hydrogen) atoms. The molecule has 1 unspecified atom stereocenters. The van der Waals surface area contributed by atoms with Gasteiger partial charge in [0.15, 0.2) is 15.7 Å². The summed E-state index contributed by atoms with van der Waals surface area (Å²) in [6.07, 6.45) is 4.56. The number of hydrogen-bond acceptors (Lipinski definition) is 10. The maximum atomic E-state index is 13.1. The van der Waals surface area contributed by atoms with Gasteiger partial charge in [-0.3, -0.25) is 14.5 Å². The van der Waals surface area contributed by atoms with E-state index in [1.54, 1.807) is 30.3 Å². The van der Waals surface area contributed by atoms with E-state index in [0.717, 1.165) is 11.9 Å². The molecular formula is C25H27N7O5S. The molecule has 0 bridgehead atoms. The van der Waals surface area contributed by atoms with Gasteiger partial charge in [0.1, 0.15) is 17.3 Å². The number of pyridine rings is 1. The summed E-state index contributed by atoms with van der Waals surface area (Å²) in [7, 11) is -1.77. The summed E-state index contributed by atoms with van der Waals surface area (Å²) >= 11 is 0. The van der Waals surface area contributed by atoms with E-state index >= 15 is 0 Å². The lowest BCUT2D eigenvalue weighted by molar-refractivity contribution is 0.102. The molecule has 1 aromatic carbocycles. The summed E-state index contributed by atoms with van der Waals surface area (Å²) in [5, 5.41) is 10.2. The van der Waals surface area contributed by atoms with Crippen LogP contribution in [0.5, 0.6) is 11.8 Å². The second-order valence-electron chi connectivity index (χ2n) is 8.44. The van der Waals surface area contributed by atoms with Crippen LogP contribution in [0.25, 0.3) is 0 Å². The van der Waals surface area contributed by atoms with Crippen molar-refractivity contribution in [2.75, 3.05) is 30.6 Å². The molecule has 0 aliphatic rings. The number of carbonyl (C=O) groups excluding carboxylic acids is 1. The molecule has 4 aromatic rings. The molecule has 0 spiro atoms. The topological polar surface area (TPSA) is 150 Å². The van der Waals surface area contributed by atoms with Crippen molar-refractivity contribution in [3.63, 3.8) is 0 Å². The van der Waals surface area contributed by atoms with Crippen LogP contribution in [0.3, 0.4) is 0 Å². The van der Waals surface area contributed by atoms with Crippen LogP contribution in [0.4, 0.5) is 11.6 Å². The number of ether oxygens (including phenoxy) is 2. The van der Waals surface area contributed by atoms with Crippen molar-refractivity contribution in [3.8, 4) is 11.8 Å². The highest BCUT2D eigenvalue weighted by Gasteiger charge is 2.16. The summed E-state index contributed by atoms with van der Waals surface area (Å²) < 4.78 is 36.0. The molecule has 3 aromatic heterocycles. The summed E-state index contributed by atoms with van der Waals surface area (Å²) in [6, 6.07) is 14.4. The van der Waals surface area contributed by atoms with Crippen LogP contribution in [0.2, 0.25) is 0 Å². The largest absolute Gasteiger partial charge is 0.424 e. The standard InChI is InChI=1S/C25H27N7O5S/c1-17(16-36-2)27-23-14-21(28-25(30-23)37-19-7-9-20(10-8-19)38(3,34)35)24(33)29-22-11-13-32(31-22)15-18-6-4-5-12-26-18/h4-14,17H,15-16H2,1-3H3,(H,27,28,30)(H,29,31,33). The molecule has 0 saturated heterocycles. The van der Waals surface area contributed by atoms with Gasteiger partial charge in [-0.15, -0.1) is 0 Å². The maximum Gasteiger partial charge on any atom is 0.324 e. The first-order valence-corrected chi connectivity index (χ1v) is 13.5. The molecule has 0 fully saturated rings. The second-order valence-corrected chi connectivity index (χ2v) is 10.5. The summed E-state index contributed by atoms with van der Waals surface area (Å²) in [5.74, 6) is 0.470. The van der Waals surface area contributed by atoms with Crippen molar-refractivity contribution in [2.24, 2.45) is 0 Å². The number of benzene rings is 1. The predicted molar refractivity (Wildman–Crippen MR) is 140 cm³/mol. The number of carbonyl (C=O) groups is 1. The van der Waals surface area contributed by atoms with Crippen LogP contribution >= 0.6 is 0 Å². The van der Waals surface area contributed by atoms with Crippen LogP contribution in [0, 0.1) is 0 Å². The molecule has 2 N–H and O–H groups in total. The molecule has 4 rings (SSSR count). The third kappa shape index (κ3) is 7.33. The fourth-order valence-corrected chi connectivity index (χ4v) is 4.05. The highest BCUT2D eigenvalue weighted by atomic mass is 32.2. The van der Waals surface area contributed by atoms with Gasteiger partial charge in [-0.25, -0.2) is 8.42 Å². The lowest BCUT2D eigenvalue weighted by Gasteiger charge is -2.15. The van der Waals surface area contributed by atoms with Crippen LogP contribution in [0.15, 0.2) is 71.9 Å². The first kappa shape index (κ1) is 26.7. The van der Waals surface area contributed by atoms with Gasteiger partial charge in [0.05, 0.1) is 23.7 Å². The summed E-state index contributed by atoms with van der Waals surface area (Å²) in [4.78, 5) is 26.1. The third-order valence-corrected chi connectivity index (χ3v) is 6.27. The van der Waals surface area contributed by atoms with Crippen molar-refractivity contribution < 1.29 is 22.7 Å². The first-order chi connectivity index (χ1) is 18.2. The van der Waals surface area contributed by atoms with E-state index in [0.29, 0.717) is 30.5 Å². The molecule has 13 heteroatoms. The van der Waals surface area contributed by atoms with Crippen molar-refractivity contribution in [1.82, 2.24) is 24.7 Å². The average molecular weight is 538 g/mol. The Bertz CT molecular complexity index is 1490. The smallest absolute Gasteiger partial charge is 0.324 e. The minimum Gasteiger partial charge on any atom is -0.424 e. The number of anilines is 2. The van der Waals surface area contributed by atoms with E-state index in [1.807, 2.05) is 25.1 Å². The van der Waals surface area contributed by atoms with Crippen molar-refractivity contribution in [2.45, 2.75) is 24.4 Å². The Kier molecular flexibility index (Phi) is 8.28. The Morgan fingerprint density at radius 3 is 2.55 bits per heavy atom. The molecule has 0 aliphatic carbocycles. The van der Waals surface area contributed by atoms with Gasteiger partial charge in [-0.2, -0.15) is 15.1 Å². The zero-order chi connectivity index (χ0) is 27.1. The molecule has 3 heterocycles. The molecule has 1 atom stereocenters. The Morgan fingerprint density at radius 2 is 1.87 bits per heavy atom. The van der Waals surface area contributed by atoms with Gasteiger partial charge in [0.2, 0.25) is 0 Å². The minimum atomic E-state index is -3.35. The summed E-state index contributed by atoms with van der Waals surface area (Å²) in [6.45, 7) is 2.75. The minimum absolute atomic E-state index is 0.0362. The number of rotatable bonds is 11. The van der Waals surface area contributed by atoms with E-state index in [2.05, 4.69) is 30.7 Å². The van der Waals surface area contributed by atoms with Gasteiger partial charge >= 0.3 is 6.01 Å². The molecular weight excluding hydrogens is 510 g/mol. The highest BCUT2D eigenvalue weighted by Crippen LogP contribution is 2.23. The highest BCUT2D eigenvalue weighted by molar-refractivity contribution is 7.90. The Hall–Kier alpha value is -4.36. The van der Waals surface area contributed by atoms with Crippen LogP contribution in [-0.2, 0) is 21.1 Å². The maximum absolute atomic E-state index is 13.1. The van der Waals surface area contributed by atoms with Gasteiger partial charge < -0.3 is 20.1 Å². The van der Waals surface area contributed by atoms with Gasteiger partial charge in [-0.05, 0) is 43.3 Å². The van der Waals surface area contributed by atoms with Crippen LogP contribution < -0.4 is 15.4 Å². The third-order valence-electron chi connectivity index (χ3n) is 5.14. The fourth-order valence-electron chi connectivity index (χ4n) is 3.42. The Morgan fingerprint density at radius 1 is 1.08 bits per heavy atom. The van der Waals surface area contributed by atoms with E-state index in [9.17, 15) is 13.2 Å². The normalized spacial score (nSPS) is 12.1. The van der Waals surface area contributed by atoms with Crippen molar-refractivity contribution in [1.29, 1.82) is 0 Å². The van der Waals surface area contributed by atoms with Crippen molar-refractivity contribution >= 4 is 27.4 Å². The monoisotopic (exact) mass is 537 g/mol.